The first kappa shape index (κ1) is 16.2. The van der Waals surface area contributed by atoms with Gasteiger partial charge in [0, 0.05) is 23.4 Å². The molecule has 1 amide bonds. The van der Waals surface area contributed by atoms with Crippen molar-refractivity contribution in [1.82, 2.24) is 5.32 Å². The lowest BCUT2D eigenvalue weighted by Crippen LogP contribution is -2.52. The number of amides is 1. The summed E-state index contributed by atoms with van der Waals surface area (Å²) in [5.74, 6) is 0.644. The molecule has 0 bridgehead atoms. The van der Waals surface area contributed by atoms with E-state index in [1.54, 1.807) is 11.3 Å². The van der Waals surface area contributed by atoms with E-state index in [1.165, 1.54) is 4.88 Å². The Hall–Kier alpha value is -0.870. The van der Waals surface area contributed by atoms with Crippen molar-refractivity contribution >= 4 is 17.2 Å². The molecule has 0 aliphatic heterocycles. The van der Waals surface area contributed by atoms with E-state index < -0.39 is 0 Å². The summed E-state index contributed by atoms with van der Waals surface area (Å²) in [7, 11) is 0. The van der Waals surface area contributed by atoms with Crippen molar-refractivity contribution in [2.24, 2.45) is 11.7 Å². The topological polar surface area (TPSA) is 55.1 Å². The minimum absolute atomic E-state index is 0.116. The molecule has 0 aliphatic carbocycles. The van der Waals surface area contributed by atoms with Gasteiger partial charge in [0.05, 0.1) is 0 Å². The van der Waals surface area contributed by atoms with Gasteiger partial charge in [0.2, 0.25) is 5.91 Å². The van der Waals surface area contributed by atoms with Gasteiger partial charge in [-0.1, -0.05) is 19.9 Å². The minimum atomic E-state index is -0.270. The van der Waals surface area contributed by atoms with E-state index in [-0.39, 0.29) is 11.4 Å². The second-order valence-corrected chi connectivity index (χ2v) is 6.88. The van der Waals surface area contributed by atoms with Gasteiger partial charge in [0.15, 0.2) is 0 Å². The number of thiophene rings is 1. The molecule has 1 rings (SSSR count). The van der Waals surface area contributed by atoms with Crippen molar-refractivity contribution in [3.05, 3.63) is 22.4 Å². The Labute approximate surface area is 120 Å². The van der Waals surface area contributed by atoms with Crippen molar-refractivity contribution in [2.45, 2.75) is 52.0 Å². The Balaban J connectivity index is 2.32. The molecule has 0 saturated carbocycles. The van der Waals surface area contributed by atoms with Crippen LogP contribution < -0.4 is 11.1 Å². The number of carbonyl (C=O) groups is 1. The molecule has 0 saturated heterocycles. The summed E-state index contributed by atoms with van der Waals surface area (Å²) in [6.45, 7) is 6.82. The van der Waals surface area contributed by atoms with Crippen LogP contribution in [-0.4, -0.2) is 18.0 Å². The van der Waals surface area contributed by atoms with Gasteiger partial charge < -0.3 is 11.1 Å². The van der Waals surface area contributed by atoms with Crippen LogP contribution in [0, 0.1) is 5.92 Å². The predicted molar refractivity (Wildman–Crippen MR) is 82.3 cm³/mol. The first-order valence-electron chi connectivity index (χ1n) is 6.98. The summed E-state index contributed by atoms with van der Waals surface area (Å²) in [4.78, 5) is 13.3. The normalized spacial score (nSPS) is 14.4. The monoisotopic (exact) mass is 282 g/mol. The standard InChI is InChI=1S/C15H26N2OS/c1-12(2)10-15(3,11-16)17-14(18)8-4-6-13-7-5-9-19-13/h5,7,9,12H,4,6,8,10-11,16H2,1-3H3,(H,17,18). The third-order valence-corrected chi connectivity index (χ3v) is 4.09. The number of carbonyl (C=O) groups excluding carboxylic acids is 1. The van der Waals surface area contributed by atoms with Crippen molar-refractivity contribution in [3.63, 3.8) is 0 Å². The maximum atomic E-state index is 12.0. The Bertz CT molecular complexity index is 376. The molecule has 3 N–H and O–H groups in total. The fourth-order valence-corrected chi connectivity index (χ4v) is 3.11. The van der Waals surface area contributed by atoms with E-state index in [2.05, 4.69) is 30.6 Å². The Kier molecular flexibility index (Phi) is 6.52. The molecule has 108 valence electrons. The molecule has 3 nitrogen and oxygen atoms in total. The minimum Gasteiger partial charge on any atom is -0.350 e. The lowest BCUT2D eigenvalue weighted by atomic mass is 9.90. The second-order valence-electron chi connectivity index (χ2n) is 5.84. The van der Waals surface area contributed by atoms with Crippen LogP contribution in [0.3, 0.4) is 0 Å². The van der Waals surface area contributed by atoms with Gasteiger partial charge in [0.1, 0.15) is 0 Å². The summed E-state index contributed by atoms with van der Waals surface area (Å²) in [6, 6.07) is 4.17. The van der Waals surface area contributed by atoms with Gasteiger partial charge >= 0.3 is 0 Å². The summed E-state index contributed by atoms with van der Waals surface area (Å²) in [5.41, 5.74) is 5.53. The zero-order chi connectivity index (χ0) is 14.3. The number of nitrogens with two attached hydrogens (primary N) is 1. The van der Waals surface area contributed by atoms with Gasteiger partial charge in [-0.2, -0.15) is 0 Å². The molecule has 0 fully saturated rings. The summed E-state index contributed by atoms with van der Waals surface area (Å²) in [5, 5.41) is 5.17. The largest absolute Gasteiger partial charge is 0.350 e. The van der Waals surface area contributed by atoms with E-state index in [0.29, 0.717) is 18.9 Å². The predicted octanol–water partition coefficient (Wildman–Crippen LogP) is 2.95. The highest BCUT2D eigenvalue weighted by molar-refractivity contribution is 7.09. The molecule has 4 heteroatoms. The molecule has 0 aliphatic rings. The van der Waals surface area contributed by atoms with E-state index in [4.69, 9.17) is 5.73 Å². The first-order valence-corrected chi connectivity index (χ1v) is 7.86. The van der Waals surface area contributed by atoms with Crippen LogP contribution in [0.25, 0.3) is 0 Å². The van der Waals surface area contributed by atoms with Gasteiger partial charge in [-0.15, -0.1) is 11.3 Å². The van der Waals surface area contributed by atoms with Gasteiger partial charge in [-0.25, -0.2) is 0 Å². The van der Waals surface area contributed by atoms with Crippen molar-refractivity contribution < 1.29 is 4.79 Å². The molecule has 0 aromatic carbocycles. The summed E-state index contributed by atoms with van der Waals surface area (Å²) in [6.07, 6.45) is 3.37. The first-order chi connectivity index (χ1) is 8.95. The maximum absolute atomic E-state index is 12.0. The lowest BCUT2D eigenvalue weighted by Gasteiger charge is -2.31. The Morgan fingerprint density at radius 2 is 2.26 bits per heavy atom. The Morgan fingerprint density at radius 3 is 2.79 bits per heavy atom. The molecule has 0 spiro atoms. The van der Waals surface area contributed by atoms with Crippen LogP contribution in [0.5, 0.6) is 0 Å². The van der Waals surface area contributed by atoms with E-state index in [1.807, 2.05) is 13.0 Å². The molecule has 1 heterocycles. The summed E-state index contributed by atoms with van der Waals surface area (Å²) >= 11 is 1.75. The van der Waals surface area contributed by atoms with Gasteiger partial charge in [0.25, 0.3) is 0 Å². The average Bonchev–Trinajstić information content (AvgIpc) is 2.80. The van der Waals surface area contributed by atoms with Crippen molar-refractivity contribution in [1.29, 1.82) is 0 Å². The van der Waals surface area contributed by atoms with E-state index in [0.717, 1.165) is 19.3 Å². The van der Waals surface area contributed by atoms with Crippen LogP contribution in [0.15, 0.2) is 17.5 Å². The molecule has 1 aromatic rings. The van der Waals surface area contributed by atoms with Crippen molar-refractivity contribution in [2.75, 3.05) is 6.54 Å². The smallest absolute Gasteiger partial charge is 0.220 e. The third-order valence-electron chi connectivity index (χ3n) is 3.16. The lowest BCUT2D eigenvalue weighted by molar-refractivity contribution is -0.123. The highest BCUT2D eigenvalue weighted by Gasteiger charge is 2.25. The molecule has 1 atom stereocenters. The quantitative estimate of drug-likeness (QED) is 0.770. The van der Waals surface area contributed by atoms with Crippen LogP contribution in [-0.2, 0) is 11.2 Å². The van der Waals surface area contributed by atoms with E-state index in [9.17, 15) is 4.79 Å². The van der Waals surface area contributed by atoms with Crippen LogP contribution in [0.4, 0.5) is 0 Å². The third kappa shape index (κ3) is 6.21. The average molecular weight is 282 g/mol. The fourth-order valence-electron chi connectivity index (χ4n) is 2.36. The zero-order valence-corrected chi connectivity index (χ0v) is 13.1. The molecule has 0 radical (unpaired) electrons. The molecule has 19 heavy (non-hydrogen) atoms. The number of nitrogens with one attached hydrogen (secondary N) is 1. The fraction of sp³-hybridized carbons (Fsp3) is 0.667. The molecular formula is C15H26N2OS. The van der Waals surface area contributed by atoms with Gasteiger partial charge in [-0.3, -0.25) is 4.79 Å². The maximum Gasteiger partial charge on any atom is 0.220 e. The summed E-state index contributed by atoms with van der Waals surface area (Å²) < 4.78 is 0. The van der Waals surface area contributed by atoms with Gasteiger partial charge in [-0.05, 0) is 43.6 Å². The van der Waals surface area contributed by atoms with Crippen LogP contribution in [0.2, 0.25) is 0 Å². The second kappa shape index (κ2) is 7.65. The molecule has 1 unspecified atom stereocenters. The highest BCUT2D eigenvalue weighted by atomic mass is 32.1. The number of rotatable bonds is 8. The Morgan fingerprint density at radius 1 is 1.53 bits per heavy atom. The number of aryl methyl sites for hydroxylation is 1. The number of hydrogen-bond donors (Lipinski definition) is 2. The van der Waals surface area contributed by atoms with Crippen LogP contribution in [0.1, 0.15) is 44.9 Å². The zero-order valence-electron chi connectivity index (χ0n) is 12.2. The molecule has 1 aromatic heterocycles. The molecular weight excluding hydrogens is 256 g/mol. The SMILES string of the molecule is CC(C)CC(C)(CN)NC(=O)CCCc1cccs1. The van der Waals surface area contributed by atoms with Crippen molar-refractivity contribution in [3.8, 4) is 0 Å². The van der Waals surface area contributed by atoms with Crippen LogP contribution >= 0.6 is 11.3 Å². The number of hydrogen-bond acceptors (Lipinski definition) is 3. The van der Waals surface area contributed by atoms with E-state index >= 15 is 0 Å². The highest BCUT2D eigenvalue weighted by Crippen LogP contribution is 2.16.